The van der Waals surface area contributed by atoms with E-state index in [-0.39, 0.29) is 0 Å². The minimum Gasteiger partial charge on any atom is -0.103 e. The highest BCUT2D eigenvalue weighted by atomic mass is 14.4. The summed E-state index contributed by atoms with van der Waals surface area (Å²) in [5.41, 5.74) is 0.520. The second-order valence-corrected chi connectivity index (χ2v) is 6.20. The molecule has 0 aromatic rings. The Hall–Kier alpha value is -0.260. The number of hydrogen-bond acceptors (Lipinski definition) is 0. The average Bonchev–Trinajstić information content (AvgIpc) is 2.81. The Balaban J connectivity index is 2.48. The van der Waals surface area contributed by atoms with Crippen LogP contribution in [-0.2, 0) is 0 Å². The second kappa shape index (κ2) is 5.18. The Bertz CT molecular complexity index is 198. The van der Waals surface area contributed by atoms with Crippen LogP contribution in [0.1, 0.15) is 59.8 Å². The molecule has 1 fully saturated rings. The lowest BCUT2D eigenvalue weighted by Crippen LogP contribution is -2.20. The normalized spacial score (nSPS) is 30.7. The maximum Gasteiger partial charge on any atom is -0.0286 e. The summed E-state index contributed by atoms with van der Waals surface area (Å²) in [5, 5.41) is 0. The van der Waals surface area contributed by atoms with Gasteiger partial charge in [-0.2, -0.15) is 0 Å². The van der Waals surface area contributed by atoms with Crippen LogP contribution in [-0.4, -0.2) is 0 Å². The standard InChI is InChI=1S/C15H28/c1-6-8-15(5,10-12(3)7-2)11-14-9-13(14)4/h6,12-14H,1,7-11H2,2-5H3. The van der Waals surface area contributed by atoms with Crippen LogP contribution in [0, 0.1) is 23.2 Å². The van der Waals surface area contributed by atoms with Crippen LogP contribution in [0.25, 0.3) is 0 Å². The van der Waals surface area contributed by atoms with Crippen molar-refractivity contribution in [3.63, 3.8) is 0 Å². The van der Waals surface area contributed by atoms with Gasteiger partial charge in [0, 0.05) is 0 Å². The van der Waals surface area contributed by atoms with E-state index >= 15 is 0 Å². The summed E-state index contributed by atoms with van der Waals surface area (Å²) in [6.07, 6.45) is 8.89. The van der Waals surface area contributed by atoms with Gasteiger partial charge < -0.3 is 0 Å². The summed E-state index contributed by atoms with van der Waals surface area (Å²) in [7, 11) is 0. The van der Waals surface area contributed by atoms with Gasteiger partial charge in [-0.25, -0.2) is 0 Å². The van der Waals surface area contributed by atoms with Gasteiger partial charge in [-0.15, -0.1) is 6.58 Å². The third-order valence-electron chi connectivity index (χ3n) is 4.21. The zero-order valence-corrected chi connectivity index (χ0v) is 11.1. The van der Waals surface area contributed by atoms with Crippen molar-refractivity contribution < 1.29 is 0 Å². The molecule has 1 aliphatic carbocycles. The molecule has 0 aliphatic heterocycles. The van der Waals surface area contributed by atoms with Crippen LogP contribution in [0.3, 0.4) is 0 Å². The van der Waals surface area contributed by atoms with Crippen LogP contribution in [0.2, 0.25) is 0 Å². The van der Waals surface area contributed by atoms with E-state index in [9.17, 15) is 0 Å². The number of rotatable bonds is 7. The van der Waals surface area contributed by atoms with Gasteiger partial charge in [0.05, 0.1) is 0 Å². The lowest BCUT2D eigenvalue weighted by atomic mass is 9.74. The first kappa shape index (κ1) is 12.8. The topological polar surface area (TPSA) is 0 Å². The molecule has 0 N–H and O–H groups in total. The van der Waals surface area contributed by atoms with Gasteiger partial charge in [0.2, 0.25) is 0 Å². The van der Waals surface area contributed by atoms with E-state index in [1.165, 1.54) is 32.1 Å². The van der Waals surface area contributed by atoms with E-state index < -0.39 is 0 Å². The minimum atomic E-state index is 0.520. The van der Waals surface area contributed by atoms with Gasteiger partial charge in [0.15, 0.2) is 0 Å². The molecule has 0 heterocycles. The molecule has 0 nitrogen and oxygen atoms in total. The third kappa shape index (κ3) is 4.01. The highest BCUT2D eigenvalue weighted by Gasteiger charge is 2.38. The molecule has 0 aromatic heterocycles. The molecule has 4 atom stereocenters. The molecule has 0 aromatic carbocycles. The molecule has 88 valence electrons. The van der Waals surface area contributed by atoms with Crippen molar-refractivity contribution in [2.24, 2.45) is 23.2 Å². The second-order valence-electron chi connectivity index (χ2n) is 6.20. The van der Waals surface area contributed by atoms with Crippen molar-refractivity contribution in [2.45, 2.75) is 59.8 Å². The SMILES string of the molecule is C=CCC(C)(CC(C)CC)CC1CC1C. The monoisotopic (exact) mass is 208 g/mol. The fourth-order valence-corrected chi connectivity index (χ4v) is 2.90. The van der Waals surface area contributed by atoms with Crippen LogP contribution < -0.4 is 0 Å². The first-order chi connectivity index (χ1) is 7.00. The van der Waals surface area contributed by atoms with Crippen molar-refractivity contribution in [3.8, 4) is 0 Å². The Kier molecular flexibility index (Phi) is 4.43. The lowest BCUT2D eigenvalue weighted by molar-refractivity contribution is 0.213. The third-order valence-corrected chi connectivity index (χ3v) is 4.21. The molecule has 0 saturated heterocycles. The van der Waals surface area contributed by atoms with E-state index in [0.29, 0.717) is 5.41 Å². The Morgan fingerprint density at radius 1 is 1.53 bits per heavy atom. The van der Waals surface area contributed by atoms with E-state index in [4.69, 9.17) is 0 Å². The van der Waals surface area contributed by atoms with E-state index in [2.05, 4.69) is 40.3 Å². The Morgan fingerprint density at radius 2 is 2.13 bits per heavy atom. The van der Waals surface area contributed by atoms with Gasteiger partial charge >= 0.3 is 0 Å². The molecule has 1 saturated carbocycles. The molecule has 0 spiro atoms. The quantitative estimate of drug-likeness (QED) is 0.513. The fourth-order valence-electron chi connectivity index (χ4n) is 2.90. The molecule has 1 aliphatic rings. The summed E-state index contributed by atoms with van der Waals surface area (Å²) in [6.45, 7) is 13.5. The molecule has 0 radical (unpaired) electrons. The summed E-state index contributed by atoms with van der Waals surface area (Å²) in [5.74, 6) is 2.87. The number of hydrogen-bond donors (Lipinski definition) is 0. The predicted molar refractivity (Wildman–Crippen MR) is 68.9 cm³/mol. The maximum atomic E-state index is 3.93. The number of allylic oxidation sites excluding steroid dienone is 1. The molecule has 0 amide bonds. The van der Waals surface area contributed by atoms with Gasteiger partial charge in [0.25, 0.3) is 0 Å². The largest absolute Gasteiger partial charge is 0.103 e. The lowest BCUT2D eigenvalue weighted by Gasteiger charge is -2.31. The van der Waals surface area contributed by atoms with Crippen molar-refractivity contribution in [2.75, 3.05) is 0 Å². The first-order valence-electron chi connectivity index (χ1n) is 6.61. The van der Waals surface area contributed by atoms with Gasteiger partial charge in [-0.1, -0.05) is 40.2 Å². The molecule has 0 heteroatoms. The molecule has 4 unspecified atom stereocenters. The molecule has 15 heavy (non-hydrogen) atoms. The molecule has 0 bridgehead atoms. The fraction of sp³-hybridized carbons (Fsp3) is 0.867. The van der Waals surface area contributed by atoms with E-state index in [1.54, 1.807) is 0 Å². The van der Waals surface area contributed by atoms with Crippen LogP contribution in [0.15, 0.2) is 12.7 Å². The van der Waals surface area contributed by atoms with E-state index in [0.717, 1.165) is 17.8 Å². The van der Waals surface area contributed by atoms with Crippen LogP contribution in [0.4, 0.5) is 0 Å². The highest BCUT2D eigenvalue weighted by molar-refractivity contribution is 4.92. The maximum absolute atomic E-state index is 3.93. The zero-order chi connectivity index (χ0) is 11.5. The molecular formula is C15H28. The summed E-state index contributed by atoms with van der Waals surface area (Å²) >= 11 is 0. The Labute approximate surface area is 96.2 Å². The first-order valence-corrected chi connectivity index (χ1v) is 6.61. The summed E-state index contributed by atoms with van der Waals surface area (Å²) < 4.78 is 0. The zero-order valence-electron chi connectivity index (χ0n) is 11.1. The van der Waals surface area contributed by atoms with Crippen LogP contribution in [0.5, 0.6) is 0 Å². The van der Waals surface area contributed by atoms with Gasteiger partial charge in [-0.05, 0) is 48.9 Å². The van der Waals surface area contributed by atoms with Crippen LogP contribution >= 0.6 is 0 Å². The van der Waals surface area contributed by atoms with Crippen molar-refractivity contribution in [1.82, 2.24) is 0 Å². The van der Waals surface area contributed by atoms with Crippen molar-refractivity contribution in [3.05, 3.63) is 12.7 Å². The van der Waals surface area contributed by atoms with Crippen molar-refractivity contribution >= 4 is 0 Å². The highest BCUT2D eigenvalue weighted by Crippen LogP contribution is 2.49. The van der Waals surface area contributed by atoms with Crippen molar-refractivity contribution in [1.29, 1.82) is 0 Å². The predicted octanol–water partition coefficient (Wildman–Crippen LogP) is 5.05. The average molecular weight is 208 g/mol. The molecule has 1 rings (SSSR count). The molecular weight excluding hydrogens is 180 g/mol. The van der Waals surface area contributed by atoms with Gasteiger partial charge in [0.1, 0.15) is 0 Å². The minimum absolute atomic E-state index is 0.520. The summed E-state index contributed by atoms with van der Waals surface area (Å²) in [6, 6.07) is 0. The smallest absolute Gasteiger partial charge is 0.0286 e. The van der Waals surface area contributed by atoms with Gasteiger partial charge in [-0.3, -0.25) is 0 Å². The Morgan fingerprint density at radius 3 is 2.53 bits per heavy atom. The summed E-state index contributed by atoms with van der Waals surface area (Å²) in [4.78, 5) is 0. The van der Waals surface area contributed by atoms with E-state index in [1.807, 2.05) is 0 Å².